The molecule has 0 amide bonds. The Morgan fingerprint density at radius 3 is 2.32 bits per heavy atom. The number of hydrogen-bond donors (Lipinski definition) is 2. The van der Waals surface area contributed by atoms with Gasteiger partial charge in [0.05, 0.1) is 5.60 Å². The lowest BCUT2D eigenvalue weighted by Crippen LogP contribution is -2.55. The smallest absolute Gasteiger partial charge is 0.0622 e. The second-order valence-electron chi connectivity index (χ2n) is 10.00. The topological polar surface area (TPSA) is 20.2 Å². The van der Waals surface area contributed by atoms with Gasteiger partial charge in [0.15, 0.2) is 0 Å². The second-order valence-corrected chi connectivity index (χ2v) is 10.6. The highest BCUT2D eigenvalue weighted by Crippen LogP contribution is 2.67. The Balaban J connectivity index is 1.62. The minimum absolute atomic E-state index is 0.399. The van der Waals surface area contributed by atoms with Crippen LogP contribution in [0.5, 0.6) is 0 Å². The molecule has 4 fully saturated rings. The van der Waals surface area contributed by atoms with Crippen LogP contribution in [0.2, 0.25) is 0 Å². The van der Waals surface area contributed by atoms with E-state index in [1.807, 2.05) is 0 Å². The van der Waals surface area contributed by atoms with E-state index in [4.69, 9.17) is 12.6 Å². The van der Waals surface area contributed by atoms with Gasteiger partial charge in [-0.15, -0.1) is 0 Å². The van der Waals surface area contributed by atoms with Gasteiger partial charge < -0.3 is 5.11 Å². The van der Waals surface area contributed by atoms with Crippen molar-refractivity contribution in [2.24, 2.45) is 34.5 Å². The molecule has 0 radical (unpaired) electrons. The molecule has 0 bridgehead atoms. The summed E-state index contributed by atoms with van der Waals surface area (Å²) in [5, 5.41) is 11.2. The molecule has 1 N–H and O–H groups in total. The van der Waals surface area contributed by atoms with Gasteiger partial charge in [-0.3, -0.25) is 0 Å². The maximum absolute atomic E-state index is 10.5. The Morgan fingerprint density at radius 1 is 0.818 bits per heavy atom. The van der Waals surface area contributed by atoms with E-state index in [1.54, 1.807) is 0 Å². The molecule has 8 atom stereocenters. The molecule has 4 rings (SSSR count). The van der Waals surface area contributed by atoms with E-state index in [0.29, 0.717) is 16.1 Å². The minimum Gasteiger partial charge on any atom is -0.390 e. The van der Waals surface area contributed by atoms with Gasteiger partial charge in [0, 0.05) is 5.25 Å². The third-order valence-electron chi connectivity index (χ3n) is 8.90. The van der Waals surface area contributed by atoms with Crippen LogP contribution in [0.4, 0.5) is 0 Å². The average molecular weight is 323 g/mol. The molecule has 0 saturated heterocycles. The first-order valence-corrected chi connectivity index (χ1v) is 10.2. The maximum Gasteiger partial charge on any atom is 0.0622 e. The summed E-state index contributed by atoms with van der Waals surface area (Å²) < 4.78 is 0. The molecule has 4 aliphatic rings. The quantitative estimate of drug-likeness (QED) is 0.596. The molecule has 4 saturated carbocycles. The summed E-state index contributed by atoms with van der Waals surface area (Å²) in [6.07, 6.45) is 11.7. The van der Waals surface area contributed by atoms with Crippen LogP contribution >= 0.6 is 12.6 Å². The van der Waals surface area contributed by atoms with Gasteiger partial charge >= 0.3 is 0 Å². The van der Waals surface area contributed by atoms with Crippen LogP contribution in [0, 0.1) is 34.5 Å². The molecule has 0 aromatic rings. The molecule has 0 aromatic heterocycles. The molecule has 0 aliphatic heterocycles. The highest BCUT2D eigenvalue weighted by molar-refractivity contribution is 7.81. The van der Waals surface area contributed by atoms with Crippen LogP contribution in [-0.2, 0) is 0 Å². The van der Waals surface area contributed by atoms with Gasteiger partial charge in [0.25, 0.3) is 0 Å². The van der Waals surface area contributed by atoms with E-state index in [2.05, 4.69) is 20.8 Å². The van der Waals surface area contributed by atoms with Crippen molar-refractivity contribution in [1.29, 1.82) is 0 Å². The second kappa shape index (κ2) is 4.91. The fourth-order valence-corrected chi connectivity index (χ4v) is 7.87. The third-order valence-corrected chi connectivity index (χ3v) is 9.75. The van der Waals surface area contributed by atoms with Gasteiger partial charge in [-0.25, -0.2) is 0 Å². The van der Waals surface area contributed by atoms with E-state index < -0.39 is 5.60 Å². The lowest BCUT2D eigenvalue weighted by atomic mass is 9.44. The standard InChI is InChI=1S/C20H34OS/c1-18(21)10-11-19(2)13(12-18)4-5-14-15-6-7-17(22)20(15,3)9-8-16(14)19/h13-17,21-22H,4-12H2,1-3H3/t13?,14?,15?,16?,17-,18+,19-,20-/m0/s1. The van der Waals surface area contributed by atoms with Crippen LogP contribution in [0.15, 0.2) is 0 Å². The van der Waals surface area contributed by atoms with Crippen molar-refractivity contribution in [3.8, 4) is 0 Å². The van der Waals surface area contributed by atoms with Gasteiger partial charge in [-0.05, 0) is 99.2 Å². The van der Waals surface area contributed by atoms with Gasteiger partial charge in [-0.1, -0.05) is 13.8 Å². The number of fused-ring (bicyclic) bond motifs is 5. The largest absolute Gasteiger partial charge is 0.390 e. The molecule has 1 nitrogen and oxygen atoms in total. The Hall–Kier alpha value is 0.310. The molecular formula is C20H34OS. The van der Waals surface area contributed by atoms with Gasteiger partial charge in [-0.2, -0.15) is 12.6 Å². The number of rotatable bonds is 0. The Morgan fingerprint density at radius 2 is 1.55 bits per heavy atom. The first kappa shape index (κ1) is 15.8. The summed E-state index contributed by atoms with van der Waals surface area (Å²) in [7, 11) is 0. The van der Waals surface area contributed by atoms with Crippen LogP contribution in [0.3, 0.4) is 0 Å². The number of aliphatic hydroxyl groups is 1. The van der Waals surface area contributed by atoms with Crippen LogP contribution in [0.25, 0.3) is 0 Å². The van der Waals surface area contributed by atoms with E-state index in [0.717, 1.165) is 36.5 Å². The first-order valence-electron chi connectivity index (χ1n) is 9.67. The lowest BCUT2D eigenvalue weighted by molar-refractivity contribution is -0.141. The van der Waals surface area contributed by atoms with Crippen LogP contribution < -0.4 is 0 Å². The lowest BCUT2D eigenvalue weighted by Gasteiger charge is -2.61. The van der Waals surface area contributed by atoms with E-state index in [9.17, 15) is 5.11 Å². The van der Waals surface area contributed by atoms with E-state index >= 15 is 0 Å². The number of hydrogen-bond acceptors (Lipinski definition) is 2. The molecule has 2 heteroatoms. The van der Waals surface area contributed by atoms with Crippen molar-refractivity contribution in [3.63, 3.8) is 0 Å². The highest BCUT2D eigenvalue weighted by atomic mass is 32.1. The fraction of sp³-hybridized carbons (Fsp3) is 1.00. The fourth-order valence-electron chi connectivity index (χ4n) is 7.40. The maximum atomic E-state index is 10.5. The third kappa shape index (κ3) is 2.08. The Labute approximate surface area is 142 Å². The predicted octanol–water partition coefficient (Wildman–Crippen LogP) is 5.08. The summed E-state index contributed by atoms with van der Waals surface area (Å²) in [6, 6.07) is 0. The molecular weight excluding hydrogens is 288 g/mol. The summed E-state index contributed by atoms with van der Waals surface area (Å²) >= 11 is 4.96. The molecule has 126 valence electrons. The van der Waals surface area contributed by atoms with Crippen molar-refractivity contribution in [3.05, 3.63) is 0 Å². The monoisotopic (exact) mass is 322 g/mol. The normalized spacial score (nSPS) is 61.2. The molecule has 0 spiro atoms. The number of thiol groups is 1. The van der Waals surface area contributed by atoms with Gasteiger partial charge in [0.2, 0.25) is 0 Å². The van der Waals surface area contributed by atoms with Crippen LogP contribution in [0.1, 0.15) is 78.6 Å². The molecule has 4 aliphatic carbocycles. The van der Waals surface area contributed by atoms with Crippen molar-refractivity contribution in [1.82, 2.24) is 0 Å². The first-order chi connectivity index (χ1) is 10.3. The van der Waals surface area contributed by atoms with Crippen molar-refractivity contribution in [2.75, 3.05) is 0 Å². The highest BCUT2D eigenvalue weighted by Gasteiger charge is 2.60. The zero-order valence-electron chi connectivity index (χ0n) is 14.6. The molecule has 0 heterocycles. The minimum atomic E-state index is -0.399. The Kier molecular flexibility index (Phi) is 3.53. The zero-order chi connectivity index (χ0) is 15.8. The Bertz CT molecular complexity index is 461. The summed E-state index contributed by atoms with van der Waals surface area (Å²) in [6.45, 7) is 7.19. The molecule has 22 heavy (non-hydrogen) atoms. The van der Waals surface area contributed by atoms with E-state index in [-0.39, 0.29) is 0 Å². The molecule has 0 aromatic carbocycles. The van der Waals surface area contributed by atoms with Crippen molar-refractivity contribution < 1.29 is 5.11 Å². The zero-order valence-corrected chi connectivity index (χ0v) is 15.5. The van der Waals surface area contributed by atoms with Crippen LogP contribution in [-0.4, -0.2) is 16.0 Å². The van der Waals surface area contributed by atoms with Gasteiger partial charge in [0.1, 0.15) is 0 Å². The predicted molar refractivity (Wildman–Crippen MR) is 95.1 cm³/mol. The summed E-state index contributed by atoms with van der Waals surface area (Å²) in [4.78, 5) is 0. The van der Waals surface area contributed by atoms with E-state index in [1.165, 1.54) is 44.9 Å². The average Bonchev–Trinajstić information content (AvgIpc) is 2.76. The molecule has 4 unspecified atom stereocenters. The summed E-state index contributed by atoms with van der Waals surface area (Å²) in [5.41, 5.74) is 0.610. The summed E-state index contributed by atoms with van der Waals surface area (Å²) in [5.74, 6) is 3.54. The van der Waals surface area contributed by atoms with Crippen molar-refractivity contribution in [2.45, 2.75) is 89.4 Å². The van der Waals surface area contributed by atoms with Crippen molar-refractivity contribution >= 4 is 12.6 Å². The SMILES string of the molecule is C[C@@]1(O)CC[C@@]2(C)C(CCC3C2CC[C@@]2(C)C3CC[C@@H]2S)C1.